The Bertz CT molecular complexity index is 548. The average molecular weight is 334 g/mol. The van der Waals surface area contributed by atoms with Crippen molar-refractivity contribution in [3.05, 3.63) is 58.0 Å². The summed E-state index contributed by atoms with van der Waals surface area (Å²) in [6, 6.07) is 6.29. The van der Waals surface area contributed by atoms with E-state index in [0.29, 0.717) is 12.2 Å². The van der Waals surface area contributed by atoms with Crippen molar-refractivity contribution in [2.75, 3.05) is 0 Å². The maximum atomic E-state index is 12.4. The molecule has 1 aromatic heterocycles. The van der Waals surface area contributed by atoms with Crippen molar-refractivity contribution in [2.24, 2.45) is 5.73 Å². The fourth-order valence-electron chi connectivity index (χ4n) is 1.75. The van der Waals surface area contributed by atoms with Crippen LogP contribution in [0.4, 0.5) is 13.2 Å². The summed E-state index contributed by atoms with van der Waals surface area (Å²) in [6.07, 6.45) is -2.40. The van der Waals surface area contributed by atoms with Gasteiger partial charge < -0.3 is 10.2 Å². The highest BCUT2D eigenvalue weighted by molar-refractivity contribution is 9.10. The molecule has 0 bridgehead atoms. The first kappa shape index (κ1) is 14.1. The summed E-state index contributed by atoms with van der Waals surface area (Å²) in [5.74, 6) is 0.583. The molecular formula is C13H11BrF3NO. The Kier molecular flexibility index (Phi) is 4.01. The van der Waals surface area contributed by atoms with Gasteiger partial charge in [0.05, 0.1) is 22.3 Å². The van der Waals surface area contributed by atoms with Crippen LogP contribution in [0.15, 0.2) is 45.5 Å². The first-order valence-electron chi connectivity index (χ1n) is 5.52. The van der Waals surface area contributed by atoms with Crippen molar-refractivity contribution < 1.29 is 17.6 Å². The van der Waals surface area contributed by atoms with Gasteiger partial charge in [-0.05, 0) is 46.1 Å². The number of rotatable bonds is 3. The second-order valence-electron chi connectivity index (χ2n) is 4.14. The van der Waals surface area contributed by atoms with E-state index in [0.717, 1.165) is 22.2 Å². The van der Waals surface area contributed by atoms with Gasteiger partial charge in [0.2, 0.25) is 0 Å². The van der Waals surface area contributed by atoms with E-state index in [1.165, 1.54) is 18.4 Å². The van der Waals surface area contributed by atoms with Gasteiger partial charge in [0.1, 0.15) is 5.76 Å². The van der Waals surface area contributed by atoms with E-state index in [9.17, 15) is 13.2 Å². The van der Waals surface area contributed by atoms with Gasteiger partial charge in [-0.2, -0.15) is 13.2 Å². The fraction of sp³-hybridized carbons (Fsp3) is 0.231. The van der Waals surface area contributed by atoms with Crippen LogP contribution in [-0.4, -0.2) is 0 Å². The van der Waals surface area contributed by atoms with E-state index in [1.54, 1.807) is 6.07 Å². The topological polar surface area (TPSA) is 39.2 Å². The van der Waals surface area contributed by atoms with Crippen LogP contribution in [0.3, 0.4) is 0 Å². The number of hydrogen-bond acceptors (Lipinski definition) is 2. The summed E-state index contributed by atoms with van der Waals surface area (Å²) in [5, 5.41) is 0. The maximum Gasteiger partial charge on any atom is 0.416 e. The third kappa shape index (κ3) is 3.39. The van der Waals surface area contributed by atoms with Crippen LogP contribution in [0.5, 0.6) is 0 Å². The van der Waals surface area contributed by atoms with Gasteiger partial charge in [-0.15, -0.1) is 0 Å². The standard InChI is InChI=1S/C13H11BrF3NO/c14-10-5-6-19-12(10)11(18)7-8-1-3-9(4-2-8)13(15,16)17/h1-6,11H,7,18H2. The smallest absolute Gasteiger partial charge is 0.416 e. The average Bonchev–Trinajstić information content (AvgIpc) is 2.75. The number of alkyl halides is 3. The van der Waals surface area contributed by atoms with E-state index in [1.807, 2.05) is 0 Å². The molecule has 0 aliphatic rings. The summed E-state index contributed by atoms with van der Waals surface area (Å²) in [7, 11) is 0. The predicted octanol–water partition coefficient (Wildman–Crippen LogP) is 4.30. The van der Waals surface area contributed by atoms with Gasteiger partial charge in [0.15, 0.2) is 0 Å². The van der Waals surface area contributed by atoms with E-state index in [-0.39, 0.29) is 0 Å². The molecule has 2 rings (SSSR count). The SMILES string of the molecule is NC(Cc1ccc(C(F)(F)F)cc1)c1occc1Br. The zero-order chi connectivity index (χ0) is 14.0. The highest BCUT2D eigenvalue weighted by Crippen LogP contribution is 2.30. The molecule has 2 N–H and O–H groups in total. The Labute approximate surface area is 116 Å². The Morgan fingerprint density at radius 3 is 2.26 bits per heavy atom. The lowest BCUT2D eigenvalue weighted by Crippen LogP contribution is -2.13. The van der Waals surface area contributed by atoms with E-state index in [2.05, 4.69) is 15.9 Å². The normalized spacial score (nSPS) is 13.5. The van der Waals surface area contributed by atoms with Crippen molar-refractivity contribution in [1.29, 1.82) is 0 Å². The fourth-order valence-corrected chi connectivity index (χ4v) is 2.24. The van der Waals surface area contributed by atoms with Crippen LogP contribution in [0.25, 0.3) is 0 Å². The van der Waals surface area contributed by atoms with Gasteiger partial charge in [0.25, 0.3) is 0 Å². The largest absolute Gasteiger partial charge is 0.466 e. The van der Waals surface area contributed by atoms with Gasteiger partial charge in [-0.25, -0.2) is 0 Å². The number of furan rings is 1. The molecule has 0 spiro atoms. The molecule has 102 valence electrons. The number of halogens is 4. The molecule has 1 heterocycles. The Morgan fingerprint density at radius 1 is 1.16 bits per heavy atom. The zero-order valence-electron chi connectivity index (χ0n) is 9.75. The van der Waals surface area contributed by atoms with Crippen molar-refractivity contribution in [2.45, 2.75) is 18.6 Å². The maximum absolute atomic E-state index is 12.4. The molecule has 19 heavy (non-hydrogen) atoms. The van der Waals surface area contributed by atoms with Gasteiger partial charge in [-0.1, -0.05) is 12.1 Å². The number of hydrogen-bond donors (Lipinski definition) is 1. The van der Waals surface area contributed by atoms with Crippen molar-refractivity contribution in [3.8, 4) is 0 Å². The molecule has 0 saturated heterocycles. The monoisotopic (exact) mass is 333 g/mol. The third-order valence-corrected chi connectivity index (χ3v) is 3.37. The summed E-state index contributed by atoms with van der Waals surface area (Å²) in [5.41, 5.74) is 6.01. The van der Waals surface area contributed by atoms with Crippen LogP contribution in [-0.2, 0) is 12.6 Å². The van der Waals surface area contributed by atoms with Crippen LogP contribution < -0.4 is 5.73 Å². The molecule has 0 aliphatic carbocycles. The summed E-state index contributed by atoms with van der Waals surface area (Å²) >= 11 is 3.30. The first-order chi connectivity index (χ1) is 8.88. The Hall–Kier alpha value is -1.27. The minimum absolute atomic E-state index is 0.402. The van der Waals surface area contributed by atoms with E-state index in [4.69, 9.17) is 10.2 Å². The molecular weight excluding hydrogens is 323 g/mol. The molecule has 0 fully saturated rings. The molecule has 1 unspecified atom stereocenters. The lowest BCUT2D eigenvalue weighted by molar-refractivity contribution is -0.137. The van der Waals surface area contributed by atoms with Gasteiger partial charge in [-0.3, -0.25) is 0 Å². The molecule has 2 aromatic rings. The summed E-state index contributed by atoms with van der Waals surface area (Å²) in [4.78, 5) is 0. The number of benzene rings is 1. The van der Waals surface area contributed by atoms with Crippen LogP contribution in [0.2, 0.25) is 0 Å². The van der Waals surface area contributed by atoms with Crippen molar-refractivity contribution >= 4 is 15.9 Å². The molecule has 1 aromatic carbocycles. The van der Waals surface area contributed by atoms with Crippen LogP contribution >= 0.6 is 15.9 Å². The molecule has 0 aliphatic heterocycles. The zero-order valence-corrected chi connectivity index (χ0v) is 11.3. The van der Waals surface area contributed by atoms with E-state index < -0.39 is 17.8 Å². The third-order valence-electron chi connectivity index (χ3n) is 2.72. The van der Waals surface area contributed by atoms with Crippen LogP contribution in [0, 0.1) is 0 Å². The molecule has 0 saturated carbocycles. The Balaban J connectivity index is 2.10. The highest BCUT2D eigenvalue weighted by Gasteiger charge is 2.30. The summed E-state index contributed by atoms with van der Waals surface area (Å²) in [6.45, 7) is 0. The lowest BCUT2D eigenvalue weighted by Gasteiger charge is -2.11. The lowest BCUT2D eigenvalue weighted by atomic mass is 10.0. The van der Waals surface area contributed by atoms with Gasteiger partial charge >= 0.3 is 6.18 Å². The molecule has 2 nitrogen and oxygen atoms in total. The van der Waals surface area contributed by atoms with Crippen molar-refractivity contribution in [1.82, 2.24) is 0 Å². The predicted molar refractivity (Wildman–Crippen MR) is 68.5 cm³/mol. The quantitative estimate of drug-likeness (QED) is 0.909. The molecule has 6 heteroatoms. The first-order valence-corrected chi connectivity index (χ1v) is 6.32. The molecule has 0 radical (unpaired) electrons. The van der Waals surface area contributed by atoms with E-state index >= 15 is 0 Å². The molecule has 0 amide bonds. The Morgan fingerprint density at radius 2 is 1.79 bits per heavy atom. The van der Waals surface area contributed by atoms with Crippen molar-refractivity contribution in [3.63, 3.8) is 0 Å². The molecule has 1 atom stereocenters. The minimum atomic E-state index is -4.31. The second-order valence-corrected chi connectivity index (χ2v) is 4.99. The second kappa shape index (κ2) is 5.38. The summed E-state index contributed by atoms with van der Waals surface area (Å²) < 4.78 is 43.2. The number of nitrogens with two attached hydrogens (primary N) is 1. The van der Waals surface area contributed by atoms with Gasteiger partial charge in [0, 0.05) is 0 Å². The minimum Gasteiger partial charge on any atom is -0.466 e. The highest BCUT2D eigenvalue weighted by atomic mass is 79.9. The van der Waals surface area contributed by atoms with Crippen LogP contribution in [0.1, 0.15) is 22.9 Å².